The molecular weight excluding hydrogens is 536 g/mol. The van der Waals surface area contributed by atoms with E-state index in [1.165, 1.54) is 4.90 Å². The smallest absolute Gasteiger partial charge is 0.407 e. The van der Waals surface area contributed by atoms with Crippen molar-refractivity contribution in [2.24, 2.45) is 11.3 Å². The lowest BCUT2D eigenvalue weighted by molar-refractivity contribution is -0.148. The largest absolute Gasteiger partial charge is 0.481 e. The lowest BCUT2D eigenvalue weighted by Gasteiger charge is -2.24. The molecule has 3 aromatic rings. The molecular formula is C33H32N2O7. The molecule has 2 amide bonds. The quantitative estimate of drug-likeness (QED) is 0.368. The zero-order valence-corrected chi connectivity index (χ0v) is 23.0. The summed E-state index contributed by atoms with van der Waals surface area (Å²) in [7, 11) is 0. The van der Waals surface area contributed by atoms with Gasteiger partial charge < -0.3 is 24.8 Å². The number of benzene rings is 3. The van der Waals surface area contributed by atoms with Crippen LogP contribution in [0.2, 0.25) is 0 Å². The molecule has 9 nitrogen and oxygen atoms in total. The standard InChI is InChI=1S/C33H32N2O7/c36-29(41-18-21-8-2-1-3-9-21)16-28(30(37)35-17-27(31(38)39)33(20-35)14-15-33)34-32(40)42-19-26-24-12-6-4-10-22(24)23-11-5-7-13-25(23)26/h1-13,26-28H,14-20H2,(H,34,40)(H,38,39)/t27?,28-/m0/s1. The van der Waals surface area contributed by atoms with Crippen molar-refractivity contribution < 1.29 is 33.8 Å². The number of carboxylic acid groups (broad SMARTS) is 1. The van der Waals surface area contributed by atoms with Gasteiger partial charge in [0.1, 0.15) is 19.3 Å². The fourth-order valence-corrected chi connectivity index (χ4v) is 6.31. The number of esters is 1. The molecule has 0 aromatic heterocycles. The van der Waals surface area contributed by atoms with Crippen molar-refractivity contribution in [3.63, 3.8) is 0 Å². The van der Waals surface area contributed by atoms with Crippen molar-refractivity contribution in [3.05, 3.63) is 95.6 Å². The third kappa shape index (κ3) is 5.46. The molecule has 42 heavy (non-hydrogen) atoms. The van der Waals surface area contributed by atoms with Crippen LogP contribution in [-0.4, -0.2) is 59.7 Å². The number of hydrogen-bond acceptors (Lipinski definition) is 6. The minimum Gasteiger partial charge on any atom is -0.481 e. The highest BCUT2D eigenvalue weighted by Crippen LogP contribution is 2.56. The van der Waals surface area contributed by atoms with E-state index in [0.717, 1.165) is 40.7 Å². The van der Waals surface area contributed by atoms with Crippen LogP contribution in [0.1, 0.15) is 41.9 Å². The maximum absolute atomic E-state index is 13.6. The molecule has 216 valence electrons. The maximum atomic E-state index is 13.6. The Bertz CT molecular complexity index is 1470. The molecule has 1 saturated carbocycles. The van der Waals surface area contributed by atoms with Gasteiger partial charge in [0.2, 0.25) is 5.91 Å². The summed E-state index contributed by atoms with van der Waals surface area (Å²) < 4.78 is 11.0. The summed E-state index contributed by atoms with van der Waals surface area (Å²) in [6, 6.07) is 23.8. The van der Waals surface area contributed by atoms with Gasteiger partial charge in [0.25, 0.3) is 0 Å². The second kappa shape index (κ2) is 11.3. The molecule has 2 fully saturated rings. The van der Waals surface area contributed by atoms with Gasteiger partial charge in [0.15, 0.2) is 0 Å². The number of ether oxygens (including phenoxy) is 2. The van der Waals surface area contributed by atoms with E-state index in [9.17, 15) is 24.3 Å². The number of rotatable bonds is 9. The molecule has 1 aliphatic heterocycles. The van der Waals surface area contributed by atoms with Crippen molar-refractivity contribution in [2.75, 3.05) is 19.7 Å². The zero-order chi connectivity index (χ0) is 29.3. The van der Waals surface area contributed by atoms with Crippen LogP contribution in [0, 0.1) is 11.3 Å². The number of nitrogens with zero attached hydrogens (tertiary/aromatic N) is 1. The minimum atomic E-state index is -1.26. The average molecular weight is 569 g/mol. The Labute approximate surface area is 243 Å². The van der Waals surface area contributed by atoms with Crippen molar-refractivity contribution in [3.8, 4) is 11.1 Å². The number of alkyl carbamates (subject to hydrolysis) is 1. The highest BCUT2D eigenvalue weighted by atomic mass is 16.5. The first-order valence-electron chi connectivity index (χ1n) is 14.2. The van der Waals surface area contributed by atoms with Gasteiger partial charge in [-0.05, 0) is 40.7 Å². The fourth-order valence-electron chi connectivity index (χ4n) is 6.31. The number of nitrogens with one attached hydrogen (secondary N) is 1. The van der Waals surface area contributed by atoms with Gasteiger partial charge in [-0.1, -0.05) is 78.9 Å². The van der Waals surface area contributed by atoms with Crippen LogP contribution in [0.25, 0.3) is 11.1 Å². The summed E-state index contributed by atoms with van der Waals surface area (Å²) in [6.45, 7) is 0.396. The Morgan fingerprint density at radius 2 is 1.50 bits per heavy atom. The van der Waals surface area contributed by atoms with Gasteiger partial charge >= 0.3 is 18.0 Å². The first-order valence-corrected chi connectivity index (χ1v) is 14.2. The monoisotopic (exact) mass is 568 g/mol. The molecule has 2 atom stereocenters. The Morgan fingerprint density at radius 1 is 0.881 bits per heavy atom. The number of likely N-dealkylation sites (tertiary alicyclic amines) is 1. The van der Waals surface area contributed by atoms with Crippen molar-refractivity contribution in [1.29, 1.82) is 0 Å². The van der Waals surface area contributed by atoms with E-state index in [4.69, 9.17) is 9.47 Å². The number of carboxylic acids is 1. The summed E-state index contributed by atoms with van der Waals surface area (Å²) in [5.74, 6) is -2.95. The molecule has 6 rings (SSSR count). The number of aliphatic carboxylic acids is 1. The molecule has 0 bridgehead atoms. The fraction of sp³-hybridized carbons (Fsp3) is 0.333. The minimum absolute atomic E-state index is 0.0272. The first-order chi connectivity index (χ1) is 20.3. The number of amides is 2. The molecule has 0 radical (unpaired) electrons. The lowest BCUT2D eigenvalue weighted by atomic mass is 9.93. The van der Waals surface area contributed by atoms with E-state index in [2.05, 4.69) is 5.32 Å². The van der Waals surface area contributed by atoms with Gasteiger partial charge in [-0.2, -0.15) is 0 Å². The van der Waals surface area contributed by atoms with Crippen LogP contribution >= 0.6 is 0 Å². The molecule has 9 heteroatoms. The van der Waals surface area contributed by atoms with Crippen LogP contribution in [-0.2, 0) is 30.5 Å². The Balaban J connectivity index is 1.14. The van der Waals surface area contributed by atoms with E-state index >= 15 is 0 Å². The molecule has 2 N–H and O–H groups in total. The summed E-state index contributed by atoms with van der Waals surface area (Å²) >= 11 is 0. The average Bonchev–Trinajstić information content (AvgIpc) is 3.55. The molecule has 1 saturated heterocycles. The third-order valence-electron chi connectivity index (χ3n) is 8.70. The van der Waals surface area contributed by atoms with Crippen LogP contribution in [0.4, 0.5) is 4.79 Å². The molecule has 2 aliphatic carbocycles. The number of carbonyl (C=O) groups excluding carboxylic acids is 3. The number of carbonyl (C=O) groups is 4. The summed E-state index contributed by atoms with van der Waals surface area (Å²) in [6.07, 6.45) is 0.229. The van der Waals surface area contributed by atoms with E-state index in [1.54, 1.807) is 0 Å². The SMILES string of the molecule is O=C(C[C@H](NC(=O)OCC1c2ccccc2-c2ccccc21)C(=O)N1CC(C(=O)O)C2(CC2)C1)OCc1ccccc1. The summed E-state index contributed by atoms with van der Waals surface area (Å²) in [5.41, 5.74) is 4.64. The number of hydrogen-bond donors (Lipinski definition) is 2. The van der Waals surface area contributed by atoms with Gasteiger partial charge in [-0.15, -0.1) is 0 Å². The summed E-state index contributed by atoms with van der Waals surface area (Å²) in [4.78, 5) is 52.8. The predicted molar refractivity (Wildman–Crippen MR) is 152 cm³/mol. The van der Waals surface area contributed by atoms with Crippen LogP contribution < -0.4 is 5.32 Å². The van der Waals surface area contributed by atoms with Crippen molar-refractivity contribution >= 4 is 23.9 Å². The van der Waals surface area contributed by atoms with Crippen LogP contribution in [0.15, 0.2) is 78.9 Å². The van der Waals surface area contributed by atoms with Gasteiger partial charge in [-0.3, -0.25) is 14.4 Å². The molecule has 1 heterocycles. The Hall–Kier alpha value is -4.66. The molecule has 1 unspecified atom stereocenters. The highest BCUT2D eigenvalue weighted by Gasteiger charge is 2.59. The molecule has 1 spiro atoms. The van der Waals surface area contributed by atoms with Crippen molar-refractivity contribution in [1.82, 2.24) is 10.2 Å². The second-order valence-electron chi connectivity index (χ2n) is 11.3. The second-order valence-corrected chi connectivity index (χ2v) is 11.3. The van der Waals surface area contributed by atoms with Gasteiger partial charge in [0, 0.05) is 24.4 Å². The van der Waals surface area contributed by atoms with Gasteiger partial charge in [-0.25, -0.2) is 4.79 Å². The normalized spacial score (nSPS) is 18.6. The maximum Gasteiger partial charge on any atom is 0.407 e. The van der Waals surface area contributed by atoms with Gasteiger partial charge in [0.05, 0.1) is 12.3 Å². The molecule has 3 aromatic carbocycles. The Kier molecular flexibility index (Phi) is 7.41. The van der Waals surface area contributed by atoms with Crippen LogP contribution in [0.3, 0.4) is 0 Å². The van der Waals surface area contributed by atoms with E-state index in [0.29, 0.717) is 0 Å². The van der Waals surface area contributed by atoms with E-state index in [1.807, 2.05) is 78.9 Å². The highest BCUT2D eigenvalue weighted by molar-refractivity contribution is 5.90. The lowest BCUT2D eigenvalue weighted by Crippen LogP contribution is -2.49. The summed E-state index contributed by atoms with van der Waals surface area (Å²) in [5, 5.41) is 12.3. The predicted octanol–water partition coefficient (Wildman–Crippen LogP) is 4.35. The molecule has 3 aliphatic rings. The van der Waals surface area contributed by atoms with Crippen LogP contribution in [0.5, 0.6) is 0 Å². The van der Waals surface area contributed by atoms with E-state index in [-0.39, 0.29) is 32.2 Å². The number of fused-ring (bicyclic) bond motifs is 3. The first kappa shape index (κ1) is 27.5. The topological polar surface area (TPSA) is 122 Å². The van der Waals surface area contributed by atoms with E-state index < -0.39 is 47.7 Å². The van der Waals surface area contributed by atoms with Crippen molar-refractivity contribution in [2.45, 2.75) is 37.8 Å². The zero-order valence-electron chi connectivity index (χ0n) is 23.0. The Morgan fingerprint density at radius 3 is 2.10 bits per heavy atom. The third-order valence-corrected chi connectivity index (χ3v) is 8.70.